The van der Waals surface area contributed by atoms with Crippen molar-refractivity contribution in [3.05, 3.63) is 19.2 Å². The number of hydrogen-bond acceptors (Lipinski definition) is 2. The van der Waals surface area contributed by atoms with E-state index >= 15 is 0 Å². The summed E-state index contributed by atoms with van der Waals surface area (Å²) in [6, 6.07) is 2.09. The molecule has 1 aliphatic heterocycles. The minimum Gasteiger partial charge on any atom is -0.381 e. The van der Waals surface area contributed by atoms with Crippen molar-refractivity contribution in [1.29, 1.82) is 0 Å². The van der Waals surface area contributed by atoms with Gasteiger partial charge in [-0.15, -0.1) is 22.9 Å². The maximum atomic E-state index is 6.39. The van der Waals surface area contributed by atoms with E-state index in [1.807, 2.05) is 0 Å². The molecule has 0 amide bonds. The van der Waals surface area contributed by atoms with E-state index < -0.39 is 0 Å². The molecule has 0 saturated carbocycles. The molecule has 0 spiro atoms. The maximum absolute atomic E-state index is 6.39. The van der Waals surface area contributed by atoms with Crippen molar-refractivity contribution in [2.75, 3.05) is 13.2 Å². The fraction of sp³-hybridized carbons (Fsp3) is 0.556. The number of halogens is 3. The fourth-order valence-corrected chi connectivity index (χ4v) is 4.07. The summed E-state index contributed by atoms with van der Waals surface area (Å²) in [4.78, 5) is 1.21. The first-order valence-electron chi connectivity index (χ1n) is 4.35. The highest BCUT2D eigenvalue weighted by molar-refractivity contribution is 9.13. The monoisotopic (exact) mass is 358 g/mol. The summed E-state index contributed by atoms with van der Waals surface area (Å²) in [7, 11) is 0. The third kappa shape index (κ3) is 2.35. The zero-order chi connectivity index (χ0) is 10.1. The Morgan fingerprint density at radius 1 is 1.57 bits per heavy atom. The average molecular weight is 360 g/mol. The van der Waals surface area contributed by atoms with Crippen LogP contribution in [0, 0.1) is 5.92 Å². The Labute approximate surface area is 109 Å². The van der Waals surface area contributed by atoms with Crippen LogP contribution in [0.3, 0.4) is 0 Å². The van der Waals surface area contributed by atoms with Crippen molar-refractivity contribution in [2.24, 2.45) is 5.92 Å². The van der Waals surface area contributed by atoms with E-state index in [-0.39, 0.29) is 5.38 Å². The predicted octanol–water partition coefficient (Wildman–Crippen LogP) is 4.59. The quantitative estimate of drug-likeness (QED) is 0.701. The highest BCUT2D eigenvalue weighted by Crippen LogP contribution is 2.42. The Hall–Kier alpha value is 0.910. The fourth-order valence-electron chi connectivity index (χ4n) is 1.52. The van der Waals surface area contributed by atoms with Crippen molar-refractivity contribution >= 4 is 54.8 Å². The van der Waals surface area contributed by atoms with E-state index in [2.05, 4.69) is 37.9 Å². The van der Waals surface area contributed by atoms with Gasteiger partial charge >= 0.3 is 0 Å². The maximum Gasteiger partial charge on any atom is 0.0843 e. The Bertz CT molecular complexity index is 303. The first kappa shape index (κ1) is 11.4. The van der Waals surface area contributed by atoms with Gasteiger partial charge in [0.05, 0.1) is 15.8 Å². The lowest BCUT2D eigenvalue weighted by molar-refractivity contribution is 0.185. The van der Waals surface area contributed by atoms with Crippen LogP contribution in [0.1, 0.15) is 16.7 Å². The molecule has 78 valence electrons. The summed E-state index contributed by atoms with van der Waals surface area (Å²) < 4.78 is 7.53. The molecule has 2 rings (SSSR count). The van der Waals surface area contributed by atoms with E-state index in [4.69, 9.17) is 16.3 Å². The van der Waals surface area contributed by atoms with Crippen molar-refractivity contribution in [3.8, 4) is 0 Å². The van der Waals surface area contributed by atoms with Gasteiger partial charge in [-0.05, 0) is 44.3 Å². The molecule has 1 aromatic heterocycles. The van der Waals surface area contributed by atoms with Gasteiger partial charge in [-0.1, -0.05) is 0 Å². The predicted molar refractivity (Wildman–Crippen MR) is 67.2 cm³/mol. The minimum absolute atomic E-state index is 0.0881. The van der Waals surface area contributed by atoms with Crippen LogP contribution in [0.25, 0.3) is 0 Å². The van der Waals surface area contributed by atoms with Gasteiger partial charge in [0.2, 0.25) is 0 Å². The van der Waals surface area contributed by atoms with Crippen LogP contribution in [-0.2, 0) is 4.74 Å². The number of ether oxygens (including phenoxy) is 1. The second-order valence-electron chi connectivity index (χ2n) is 3.30. The molecule has 14 heavy (non-hydrogen) atoms. The van der Waals surface area contributed by atoms with Crippen molar-refractivity contribution in [2.45, 2.75) is 11.8 Å². The van der Waals surface area contributed by atoms with Crippen LogP contribution in [0.5, 0.6) is 0 Å². The highest BCUT2D eigenvalue weighted by Gasteiger charge is 2.26. The molecular weight excluding hydrogens is 351 g/mol. The molecule has 0 N–H and O–H groups in total. The zero-order valence-corrected chi connectivity index (χ0v) is 12.0. The summed E-state index contributed by atoms with van der Waals surface area (Å²) in [5.74, 6) is 0.467. The summed E-state index contributed by atoms with van der Waals surface area (Å²) in [5.41, 5.74) is 0. The van der Waals surface area contributed by atoms with E-state index in [0.29, 0.717) is 5.92 Å². The average Bonchev–Trinajstić information content (AvgIpc) is 2.76. The number of alkyl halides is 1. The third-order valence-electron chi connectivity index (χ3n) is 2.31. The molecular formula is C9H9Br2ClOS. The molecule has 1 aromatic rings. The van der Waals surface area contributed by atoms with Gasteiger partial charge in [0.15, 0.2) is 0 Å². The van der Waals surface area contributed by atoms with Crippen molar-refractivity contribution in [3.63, 3.8) is 0 Å². The van der Waals surface area contributed by atoms with E-state index in [9.17, 15) is 0 Å². The lowest BCUT2D eigenvalue weighted by Crippen LogP contribution is -2.05. The molecule has 2 unspecified atom stereocenters. The molecule has 0 radical (unpaired) electrons. The molecule has 2 atom stereocenters. The number of thiophene rings is 1. The smallest absolute Gasteiger partial charge is 0.0843 e. The van der Waals surface area contributed by atoms with Crippen molar-refractivity contribution < 1.29 is 4.74 Å². The first-order valence-corrected chi connectivity index (χ1v) is 7.19. The minimum atomic E-state index is 0.0881. The van der Waals surface area contributed by atoms with E-state index in [0.717, 1.165) is 27.9 Å². The summed E-state index contributed by atoms with van der Waals surface area (Å²) in [6.45, 7) is 1.64. The van der Waals surface area contributed by atoms with Gasteiger partial charge in [0.1, 0.15) is 0 Å². The van der Waals surface area contributed by atoms with Gasteiger partial charge in [-0.2, -0.15) is 0 Å². The van der Waals surface area contributed by atoms with Gasteiger partial charge in [0.25, 0.3) is 0 Å². The molecule has 0 aliphatic carbocycles. The Morgan fingerprint density at radius 3 is 2.86 bits per heavy atom. The van der Waals surface area contributed by atoms with Crippen LogP contribution in [-0.4, -0.2) is 13.2 Å². The van der Waals surface area contributed by atoms with Crippen LogP contribution < -0.4 is 0 Å². The first-order chi connectivity index (χ1) is 6.68. The molecule has 0 aromatic carbocycles. The van der Waals surface area contributed by atoms with Crippen LogP contribution in [0.2, 0.25) is 0 Å². The van der Waals surface area contributed by atoms with Gasteiger partial charge in [-0.3, -0.25) is 0 Å². The molecule has 5 heteroatoms. The van der Waals surface area contributed by atoms with E-state index in [1.54, 1.807) is 11.3 Å². The lowest BCUT2D eigenvalue weighted by Gasteiger charge is -2.12. The normalized spacial score (nSPS) is 24.1. The highest BCUT2D eigenvalue weighted by atomic mass is 79.9. The summed E-state index contributed by atoms with van der Waals surface area (Å²) in [6.07, 6.45) is 1.07. The third-order valence-corrected chi connectivity index (χ3v) is 6.37. The standard InChI is InChI=1S/C9H9Br2ClOS/c10-6-3-7(14-9(6)11)8(12)5-1-2-13-4-5/h3,5,8H,1-2,4H2. The topological polar surface area (TPSA) is 9.23 Å². The van der Waals surface area contributed by atoms with Gasteiger partial charge in [-0.25, -0.2) is 0 Å². The van der Waals surface area contributed by atoms with E-state index in [1.165, 1.54) is 4.88 Å². The molecule has 2 heterocycles. The van der Waals surface area contributed by atoms with Crippen LogP contribution >= 0.6 is 54.8 Å². The molecule has 1 saturated heterocycles. The molecule has 0 bridgehead atoms. The lowest BCUT2D eigenvalue weighted by atomic mass is 10.0. The SMILES string of the molecule is ClC(c1cc(Br)c(Br)s1)C1CCOC1. The Kier molecular flexibility index (Phi) is 3.93. The largest absolute Gasteiger partial charge is 0.381 e. The molecule has 1 fully saturated rings. The number of hydrogen-bond donors (Lipinski definition) is 0. The molecule has 1 aliphatic rings. The summed E-state index contributed by atoms with van der Waals surface area (Å²) in [5, 5.41) is 0.0881. The zero-order valence-electron chi connectivity index (χ0n) is 7.30. The molecule has 1 nitrogen and oxygen atoms in total. The summed E-state index contributed by atoms with van der Waals surface area (Å²) >= 11 is 15.0. The van der Waals surface area contributed by atoms with Gasteiger partial charge in [0, 0.05) is 21.9 Å². The Morgan fingerprint density at radius 2 is 2.36 bits per heavy atom. The van der Waals surface area contributed by atoms with Crippen molar-refractivity contribution in [1.82, 2.24) is 0 Å². The number of rotatable bonds is 2. The second-order valence-corrected chi connectivity index (χ2v) is 7.02. The Balaban J connectivity index is 2.13. The van der Waals surface area contributed by atoms with Crippen LogP contribution in [0.15, 0.2) is 14.3 Å². The van der Waals surface area contributed by atoms with Gasteiger partial charge < -0.3 is 4.74 Å². The van der Waals surface area contributed by atoms with Crippen LogP contribution in [0.4, 0.5) is 0 Å². The second kappa shape index (κ2) is 4.83.